The summed E-state index contributed by atoms with van der Waals surface area (Å²) < 4.78 is 7.78. The van der Waals surface area contributed by atoms with Crippen LogP contribution in [0.1, 0.15) is 24.5 Å². The lowest BCUT2D eigenvalue weighted by molar-refractivity contribution is 0.105. The van der Waals surface area contributed by atoms with Gasteiger partial charge in [0.25, 0.3) is 0 Å². The summed E-state index contributed by atoms with van der Waals surface area (Å²) in [5.74, 6) is 1.45. The molecular weight excluding hydrogens is 442 g/mol. The minimum atomic E-state index is -0.129. The number of hydrogen-bond donors (Lipinski definition) is 2. The third kappa shape index (κ3) is 3.94. The highest BCUT2D eigenvalue weighted by Gasteiger charge is 2.51. The second-order valence-corrected chi connectivity index (χ2v) is 9.58. The fourth-order valence-corrected chi connectivity index (χ4v) is 5.06. The first-order valence-corrected chi connectivity index (χ1v) is 11.8. The third-order valence-electron chi connectivity index (χ3n) is 6.88. The number of nitrogens with one attached hydrogen (secondary N) is 2. The Balaban J connectivity index is 1.21. The van der Waals surface area contributed by atoms with Gasteiger partial charge < -0.3 is 20.3 Å². The standard InChI is InChI=1S/C25H29N9O/c1-17-11-21-27-16-28-33(21)13-20(17)29-23-26-12-19-22(31-23)34-24(30-19)32(3)15-25(34,2)9-10-35-14-18-7-5-4-6-8-18/h4-8,11-13,16,24,30H,9-10,14-15H2,1-3H3,(H,26,29,31). The summed E-state index contributed by atoms with van der Waals surface area (Å²) in [4.78, 5) is 18.4. The van der Waals surface area contributed by atoms with E-state index in [2.05, 4.69) is 61.6 Å². The molecule has 180 valence electrons. The van der Waals surface area contributed by atoms with E-state index in [4.69, 9.17) is 9.72 Å². The number of nitrogens with zero attached hydrogens (tertiary/aromatic N) is 7. The van der Waals surface area contributed by atoms with Gasteiger partial charge in [0.15, 0.2) is 17.8 Å². The van der Waals surface area contributed by atoms with Crippen LogP contribution in [0.15, 0.2) is 55.1 Å². The van der Waals surface area contributed by atoms with Gasteiger partial charge in [-0.05, 0) is 44.5 Å². The Morgan fingerprint density at radius 1 is 1.23 bits per heavy atom. The Kier molecular flexibility index (Phi) is 5.27. The molecule has 10 nitrogen and oxygen atoms in total. The molecule has 2 N–H and O–H groups in total. The number of pyridine rings is 1. The highest BCUT2D eigenvalue weighted by molar-refractivity contribution is 5.75. The van der Waals surface area contributed by atoms with Crippen LogP contribution in [-0.2, 0) is 11.3 Å². The quantitative estimate of drug-likeness (QED) is 0.393. The van der Waals surface area contributed by atoms with E-state index in [-0.39, 0.29) is 11.8 Å². The van der Waals surface area contributed by atoms with Crippen LogP contribution >= 0.6 is 0 Å². The smallest absolute Gasteiger partial charge is 0.229 e. The Morgan fingerprint density at radius 3 is 2.94 bits per heavy atom. The molecule has 10 heteroatoms. The van der Waals surface area contributed by atoms with Crippen LogP contribution in [0.5, 0.6) is 0 Å². The summed E-state index contributed by atoms with van der Waals surface area (Å²) in [6.45, 7) is 6.52. The van der Waals surface area contributed by atoms with Crippen LogP contribution < -0.4 is 15.5 Å². The van der Waals surface area contributed by atoms with Gasteiger partial charge in [-0.25, -0.2) is 14.5 Å². The van der Waals surface area contributed by atoms with Crippen molar-refractivity contribution in [3.05, 3.63) is 66.2 Å². The normalized spacial score (nSPS) is 21.2. The SMILES string of the molecule is Cc1cc2ncnn2cc1Nc1ncc2c(n1)N1C(N2)N(C)CC1(C)CCOCc1ccccc1. The summed E-state index contributed by atoms with van der Waals surface area (Å²) in [7, 11) is 2.13. The maximum Gasteiger partial charge on any atom is 0.229 e. The number of hydrogen-bond acceptors (Lipinski definition) is 9. The molecule has 0 bridgehead atoms. The maximum atomic E-state index is 6.04. The minimum absolute atomic E-state index is 0.0434. The van der Waals surface area contributed by atoms with E-state index in [1.54, 1.807) is 10.8 Å². The van der Waals surface area contributed by atoms with Gasteiger partial charge in [-0.3, -0.25) is 4.90 Å². The lowest BCUT2D eigenvalue weighted by atomic mass is 9.97. The fourth-order valence-electron chi connectivity index (χ4n) is 5.06. The Bertz CT molecular complexity index is 1360. The summed E-state index contributed by atoms with van der Waals surface area (Å²) in [5, 5.41) is 11.2. The van der Waals surface area contributed by atoms with Crippen molar-refractivity contribution in [1.29, 1.82) is 0 Å². The molecule has 2 aliphatic heterocycles. The van der Waals surface area contributed by atoms with E-state index in [0.29, 0.717) is 19.2 Å². The average molecular weight is 472 g/mol. The van der Waals surface area contributed by atoms with Crippen LogP contribution in [-0.4, -0.2) is 61.5 Å². The first-order valence-electron chi connectivity index (χ1n) is 11.8. The summed E-state index contributed by atoms with van der Waals surface area (Å²) >= 11 is 0. The Morgan fingerprint density at radius 2 is 2.09 bits per heavy atom. The van der Waals surface area contributed by atoms with Crippen molar-refractivity contribution in [1.82, 2.24) is 29.5 Å². The highest BCUT2D eigenvalue weighted by Crippen LogP contribution is 2.44. The molecule has 1 aromatic carbocycles. The molecular formula is C25H29N9O. The van der Waals surface area contributed by atoms with Gasteiger partial charge in [-0.15, -0.1) is 0 Å². The summed E-state index contributed by atoms with van der Waals surface area (Å²) in [6, 6.07) is 12.3. The van der Waals surface area contributed by atoms with Crippen molar-refractivity contribution < 1.29 is 4.74 Å². The van der Waals surface area contributed by atoms with Gasteiger partial charge >= 0.3 is 0 Å². The van der Waals surface area contributed by atoms with Gasteiger partial charge in [-0.2, -0.15) is 10.1 Å². The second-order valence-electron chi connectivity index (χ2n) is 9.58. The highest BCUT2D eigenvalue weighted by atomic mass is 16.5. The molecule has 4 aromatic rings. The number of fused-ring (bicyclic) bond motifs is 4. The Labute approximate surface area is 204 Å². The van der Waals surface area contributed by atoms with Crippen molar-refractivity contribution in [3.8, 4) is 0 Å². The van der Waals surface area contributed by atoms with Crippen LogP contribution in [0.25, 0.3) is 5.65 Å². The Hall–Kier alpha value is -3.76. The van der Waals surface area contributed by atoms with Crippen LogP contribution in [0.3, 0.4) is 0 Å². The largest absolute Gasteiger partial charge is 0.377 e. The molecule has 5 heterocycles. The summed E-state index contributed by atoms with van der Waals surface area (Å²) in [5.41, 5.74) is 4.74. The predicted octanol–water partition coefficient (Wildman–Crippen LogP) is 3.40. The molecule has 3 aromatic heterocycles. The minimum Gasteiger partial charge on any atom is -0.377 e. The van der Waals surface area contributed by atoms with Gasteiger partial charge in [0, 0.05) is 13.2 Å². The number of rotatable bonds is 7. The number of aromatic nitrogens is 5. The molecule has 1 fully saturated rings. The van der Waals surface area contributed by atoms with Crippen molar-refractivity contribution in [3.63, 3.8) is 0 Å². The zero-order valence-electron chi connectivity index (χ0n) is 20.1. The van der Waals surface area contributed by atoms with Gasteiger partial charge in [0.1, 0.15) is 6.33 Å². The van der Waals surface area contributed by atoms with Crippen molar-refractivity contribution in [2.75, 3.05) is 35.7 Å². The number of anilines is 4. The van der Waals surface area contributed by atoms with Crippen LogP contribution in [0.2, 0.25) is 0 Å². The van der Waals surface area contributed by atoms with E-state index in [9.17, 15) is 0 Å². The molecule has 0 amide bonds. The lowest BCUT2D eigenvalue weighted by Crippen LogP contribution is -2.47. The zero-order valence-corrected chi connectivity index (χ0v) is 20.1. The molecule has 2 unspecified atom stereocenters. The fraction of sp³-hybridized carbons (Fsp3) is 0.360. The molecule has 35 heavy (non-hydrogen) atoms. The first-order chi connectivity index (χ1) is 17.0. The van der Waals surface area contributed by atoms with E-state index in [1.807, 2.05) is 43.6 Å². The molecule has 0 radical (unpaired) electrons. The molecule has 0 aliphatic carbocycles. The molecule has 0 spiro atoms. The number of aryl methyl sites for hydroxylation is 1. The van der Waals surface area contributed by atoms with E-state index >= 15 is 0 Å². The topological polar surface area (TPSA) is 95.7 Å². The molecule has 0 saturated carbocycles. The lowest BCUT2D eigenvalue weighted by Gasteiger charge is -2.34. The van der Waals surface area contributed by atoms with Gasteiger partial charge in [0.2, 0.25) is 5.95 Å². The maximum absolute atomic E-state index is 6.04. The van der Waals surface area contributed by atoms with Crippen molar-refractivity contribution in [2.45, 2.75) is 38.7 Å². The predicted molar refractivity (Wildman–Crippen MR) is 135 cm³/mol. The van der Waals surface area contributed by atoms with Crippen LogP contribution in [0, 0.1) is 6.92 Å². The zero-order chi connectivity index (χ0) is 24.0. The van der Waals surface area contributed by atoms with Gasteiger partial charge in [0.05, 0.1) is 35.9 Å². The number of benzene rings is 1. The van der Waals surface area contributed by atoms with Crippen molar-refractivity contribution in [2.24, 2.45) is 0 Å². The number of ether oxygens (including phenoxy) is 1. The van der Waals surface area contributed by atoms with Gasteiger partial charge in [-0.1, -0.05) is 30.3 Å². The summed E-state index contributed by atoms with van der Waals surface area (Å²) in [6.07, 6.45) is 6.24. The first kappa shape index (κ1) is 21.8. The number of likely N-dealkylation sites (N-methyl/N-ethyl adjacent to an activating group) is 1. The molecule has 6 rings (SSSR count). The van der Waals surface area contributed by atoms with E-state index < -0.39 is 0 Å². The van der Waals surface area contributed by atoms with Crippen molar-refractivity contribution >= 4 is 28.8 Å². The second kappa shape index (κ2) is 8.47. The molecule has 2 aliphatic rings. The van der Waals surface area contributed by atoms with E-state index in [0.717, 1.165) is 41.4 Å². The molecule has 2 atom stereocenters. The molecule has 1 saturated heterocycles. The van der Waals surface area contributed by atoms with Crippen LogP contribution in [0.4, 0.5) is 23.1 Å². The van der Waals surface area contributed by atoms with E-state index in [1.165, 1.54) is 5.56 Å². The average Bonchev–Trinajstić information content (AvgIpc) is 3.53. The monoisotopic (exact) mass is 471 g/mol. The third-order valence-corrected chi connectivity index (χ3v) is 6.88.